The molecule has 1 aromatic heterocycles. The molecule has 0 aliphatic heterocycles. The molecule has 2 aliphatic rings. The zero-order chi connectivity index (χ0) is 26.6. The van der Waals surface area contributed by atoms with Gasteiger partial charge in [-0.15, -0.1) is 5.10 Å². The van der Waals surface area contributed by atoms with Crippen molar-refractivity contribution < 1.29 is 14.3 Å². The first-order chi connectivity index (χ1) is 17.6. The lowest BCUT2D eigenvalue weighted by Gasteiger charge is -2.58. The third kappa shape index (κ3) is 6.23. The average Bonchev–Trinajstić information content (AvgIpc) is 3.29. The van der Waals surface area contributed by atoms with E-state index in [-0.39, 0.29) is 18.4 Å². The number of rotatable bonds is 9. The summed E-state index contributed by atoms with van der Waals surface area (Å²) in [5, 5.41) is 8.82. The topological polar surface area (TPSA) is 74.1 Å². The lowest BCUT2D eigenvalue weighted by molar-refractivity contribution is -0.144. The maximum Gasteiger partial charge on any atom is 0.310 e. The number of hydrogen-bond acceptors (Lipinski definition) is 5. The van der Waals surface area contributed by atoms with E-state index in [9.17, 15) is 9.59 Å². The Morgan fingerprint density at radius 2 is 2.05 bits per heavy atom. The number of aromatic nitrogens is 3. The Labute approximate surface area is 225 Å². The van der Waals surface area contributed by atoms with E-state index < -0.39 is 5.97 Å². The minimum absolute atomic E-state index is 0.00174. The number of esters is 1. The van der Waals surface area contributed by atoms with Gasteiger partial charge in [0.05, 0.1) is 19.2 Å². The SMILES string of the molecule is C=C1CC[C@H]2C(C)(C)CCC[C@]2(C)C1C/C=C(/C=O)CC(=O)OCc1cn(Cc2ccccc2Cl)nn1. The van der Waals surface area contributed by atoms with Crippen molar-refractivity contribution >= 4 is 23.9 Å². The monoisotopic (exact) mass is 523 g/mol. The van der Waals surface area contributed by atoms with E-state index in [1.807, 2.05) is 30.3 Å². The standard InChI is InChI=1S/C30H38ClN3O3/c1-21-10-13-27-29(2,3)14-7-15-30(27,4)25(21)12-11-22(19-35)16-28(36)37-20-24-18-34(33-32-24)17-23-8-5-6-9-26(23)31/h5-6,8-9,11,18-19,25,27H,1,7,10,12-17,20H2,2-4H3/b22-11+/t25?,27-,30+/m0/s1. The molecule has 198 valence electrons. The summed E-state index contributed by atoms with van der Waals surface area (Å²) in [5.41, 5.74) is 3.70. The van der Waals surface area contributed by atoms with Crippen LogP contribution in [0.5, 0.6) is 0 Å². The van der Waals surface area contributed by atoms with E-state index in [1.165, 1.54) is 31.3 Å². The van der Waals surface area contributed by atoms with Crippen molar-refractivity contribution in [2.24, 2.45) is 22.7 Å². The number of halogens is 1. The molecule has 37 heavy (non-hydrogen) atoms. The fourth-order valence-electron chi connectivity index (χ4n) is 6.80. The first-order valence-corrected chi connectivity index (χ1v) is 13.6. The minimum Gasteiger partial charge on any atom is -0.459 e. The van der Waals surface area contributed by atoms with Crippen molar-refractivity contribution in [3.8, 4) is 0 Å². The van der Waals surface area contributed by atoms with Gasteiger partial charge in [-0.2, -0.15) is 0 Å². The maximum absolute atomic E-state index is 12.5. The molecular weight excluding hydrogens is 486 g/mol. The van der Waals surface area contributed by atoms with Crippen molar-refractivity contribution in [1.29, 1.82) is 0 Å². The van der Waals surface area contributed by atoms with Crippen LogP contribution in [0.25, 0.3) is 0 Å². The van der Waals surface area contributed by atoms with Crippen LogP contribution in [0.1, 0.15) is 77.0 Å². The summed E-state index contributed by atoms with van der Waals surface area (Å²) in [6.07, 6.45) is 11.0. The lowest BCUT2D eigenvalue weighted by Crippen LogP contribution is -2.49. The molecule has 2 fully saturated rings. The van der Waals surface area contributed by atoms with Crippen molar-refractivity contribution in [2.45, 2.75) is 78.9 Å². The third-order valence-electron chi connectivity index (χ3n) is 8.69. The third-order valence-corrected chi connectivity index (χ3v) is 9.06. The van der Waals surface area contributed by atoms with Crippen molar-refractivity contribution in [1.82, 2.24) is 15.0 Å². The number of aldehydes is 1. The second kappa shape index (κ2) is 11.3. The van der Waals surface area contributed by atoms with Gasteiger partial charge < -0.3 is 4.74 Å². The lowest BCUT2D eigenvalue weighted by atomic mass is 9.47. The Kier molecular flexibility index (Phi) is 8.37. The number of carbonyl (C=O) groups is 2. The van der Waals surface area contributed by atoms with Crippen LogP contribution in [0.3, 0.4) is 0 Å². The van der Waals surface area contributed by atoms with Crippen LogP contribution in [0, 0.1) is 22.7 Å². The van der Waals surface area contributed by atoms with Gasteiger partial charge >= 0.3 is 5.97 Å². The van der Waals surface area contributed by atoms with Gasteiger partial charge in [0, 0.05) is 5.02 Å². The van der Waals surface area contributed by atoms with Crippen LogP contribution < -0.4 is 0 Å². The summed E-state index contributed by atoms with van der Waals surface area (Å²) in [6, 6.07) is 7.54. The van der Waals surface area contributed by atoms with Gasteiger partial charge in [0.15, 0.2) is 0 Å². The van der Waals surface area contributed by atoms with E-state index >= 15 is 0 Å². The molecule has 2 aromatic rings. The summed E-state index contributed by atoms with van der Waals surface area (Å²) in [4.78, 5) is 24.3. The Morgan fingerprint density at radius 1 is 1.27 bits per heavy atom. The summed E-state index contributed by atoms with van der Waals surface area (Å²) >= 11 is 6.21. The van der Waals surface area contributed by atoms with Gasteiger partial charge in [0.25, 0.3) is 0 Å². The number of ether oxygens (including phenoxy) is 1. The van der Waals surface area contributed by atoms with Gasteiger partial charge in [-0.05, 0) is 72.0 Å². The number of carbonyl (C=O) groups excluding carboxylic acids is 2. The molecule has 0 radical (unpaired) electrons. The summed E-state index contributed by atoms with van der Waals surface area (Å²) in [5.74, 6) is 0.517. The van der Waals surface area contributed by atoms with E-state index in [1.54, 1.807) is 10.9 Å². The van der Waals surface area contributed by atoms with Crippen LogP contribution in [0.2, 0.25) is 5.02 Å². The molecular formula is C30H38ClN3O3. The number of hydrogen-bond donors (Lipinski definition) is 0. The summed E-state index contributed by atoms with van der Waals surface area (Å²) in [7, 11) is 0. The molecule has 0 saturated heterocycles. The average molecular weight is 524 g/mol. The molecule has 0 spiro atoms. The van der Waals surface area contributed by atoms with Gasteiger partial charge in [0.1, 0.15) is 18.6 Å². The van der Waals surface area contributed by atoms with E-state index in [0.717, 1.165) is 24.7 Å². The van der Waals surface area contributed by atoms with Crippen molar-refractivity contribution in [3.63, 3.8) is 0 Å². The number of allylic oxidation sites excluding steroid dienone is 2. The number of benzene rings is 1. The van der Waals surface area contributed by atoms with Crippen LogP contribution >= 0.6 is 11.6 Å². The molecule has 1 aromatic carbocycles. The van der Waals surface area contributed by atoms with Gasteiger partial charge in [-0.3, -0.25) is 9.59 Å². The number of fused-ring (bicyclic) bond motifs is 1. The molecule has 0 N–H and O–H groups in total. The van der Waals surface area contributed by atoms with Crippen molar-refractivity contribution in [2.75, 3.05) is 0 Å². The summed E-state index contributed by atoms with van der Waals surface area (Å²) < 4.78 is 7.05. The van der Waals surface area contributed by atoms with Gasteiger partial charge in [0.2, 0.25) is 0 Å². The first-order valence-electron chi connectivity index (χ1n) is 13.2. The molecule has 7 heteroatoms. The molecule has 0 amide bonds. The highest BCUT2D eigenvalue weighted by Crippen LogP contribution is 2.61. The Hall–Kier alpha value is -2.73. The molecule has 2 saturated carbocycles. The largest absolute Gasteiger partial charge is 0.459 e. The highest BCUT2D eigenvalue weighted by Gasteiger charge is 2.52. The van der Waals surface area contributed by atoms with E-state index in [0.29, 0.717) is 40.1 Å². The normalized spacial score (nSPS) is 25.4. The minimum atomic E-state index is -0.454. The molecule has 1 heterocycles. The first kappa shape index (κ1) is 27.3. The van der Waals surface area contributed by atoms with Gasteiger partial charge in [-0.1, -0.05) is 80.4 Å². The van der Waals surface area contributed by atoms with Gasteiger partial charge in [-0.25, -0.2) is 4.68 Å². The fraction of sp³-hybridized carbons (Fsp3) is 0.533. The number of nitrogens with zero attached hydrogens (tertiary/aromatic N) is 3. The molecule has 0 bridgehead atoms. The Balaban J connectivity index is 1.33. The molecule has 2 aliphatic carbocycles. The molecule has 3 atom stereocenters. The predicted octanol–water partition coefficient (Wildman–Crippen LogP) is 6.73. The molecule has 6 nitrogen and oxygen atoms in total. The zero-order valence-electron chi connectivity index (χ0n) is 22.2. The van der Waals surface area contributed by atoms with Crippen LogP contribution in [0.4, 0.5) is 0 Å². The van der Waals surface area contributed by atoms with Crippen molar-refractivity contribution in [3.05, 3.63) is 70.5 Å². The molecule has 1 unspecified atom stereocenters. The quantitative estimate of drug-likeness (QED) is 0.158. The smallest absolute Gasteiger partial charge is 0.310 e. The van der Waals surface area contributed by atoms with Crippen LogP contribution in [-0.2, 0) is 27.5 Å². The van der Waals surface area contributed by atoms with E-state index in [2.05, 4.69) is 37.7 Å². The second-order valence-electron chi connectivity index (χ2n) is 11.6. The zero-order valence-corrected chi connectivity index (χ0v) is 23.0. The van der Waals surface area contributed by atoms with Crippen LogP contribution in [0.15, 0.2) is 54.3 Å². The highest BCUT2D eigenvalue weighted by atomic mass is 35.5. The summed E-state index contributed by atoms with van der Waals surface area (Å²) in [6.45, 7) is 12.1. The van der Waals surface area contributed by atoms with Crippen LogP contribution in [-0.4, -0.2) is 27.2 Å². The fourth-order valence-corrected chi connectivity index (χ4v) is 6.99. The predicted molar refractivity (Wildman–Crippen MR) is 145 cm³/mol. The Morgan fingerprint density at radius 3 is 2.81 bits per heavy atom. The van der Waals surface area contributed by atoms with E-state index in [4.69, 9.17) is 16.3 Å². The molecule has 4 rings (SSSR count). The Bertz CT molecular complexity index is 1180. The maximum atomic E-state index is 12.5. The highest BCUT2D eigenvalue weighted by molar-refractivity contribution is 6.31. The second-order valence-corrected chi connectivity index (χ2v) is 12.0.